The van der Waals surface area contributed by atoms with Crippen molar-refractivity contribution in [3.05, 3.63) is 100 Å². The predicted octanol–water partition coefficient (Wildman–Crippen LogP) is 6.88. The Bertz CT molecular complexity index is 1260. The van der Waals surface area contributed by atoms with Gasteiger partial charge in [-0.3, -0.25) is 14.5 Å². The van der Waals surface area contributed by atoms with Gasteiger partial charge in [-0.1, -0.05) is 49.7 Å². The SMILES string of the molecule is CC(C)Oc1ccc(C2/C(=C(\O)c3ccc(Cl)cc3)C(=O)C(=O)N2c2ccc(C(C)C)cc2)cc1. The molecule has 0 aromatic heterocycles. The van der Waals surface area contributed by atoms with Gasteiger partial charge in [0.1, 0.15) is 11.5 Å². The van der Waals surface area contributed by atoms with Crippen molar-refractivity contribution in [3.63, 3.8) is 0 Å². The van der Waals surface area contributed by atoms with Gasteiger partial charge in [-0.25, -0.2) is 0 Å². The number of amides is 1. The Morgan fingerprint density at radius 3 is 2.03 bits per heavy atom. The summed E-state index contributed by atoms with van der Waals surface area (Å²) in [4.78, 5) is 28.0. The van der Waals surface area contributed by atoms with E-state index in [1.807, 2.05) is 50.2 Å². The number of carbonyl (C=O) groups excluding carboxylic acids is 2. The average molecular weight is 490 g/mol. The molecule has 1 amide bonds. The van der Waals surface area contributed by atoms with Gasteiger partial charge in [0.25, 0.3) is 11.7 Å². The number of nitrogens with zero attached hydrogens (tertiary/aromatic N) is 1. The highest BCUT2D eigenvalue weighted by Gasteiger charge is 2.47. The first kappa shape index (κ1) is 24.6. The minimum atomic E-state index is -0.802. The highest BCUT2D eigenvalue weighted by Crippen LogP contribution is 2.42. The fourth-order valence-corrected chi connectivity index (χ4v) is 4.32. The van der Waals surface area contributed by atoms with Crippen LogP contribution in [0.15, 0.2) is 78.4 Å². The van der Waals surface area contributed by atoms with Crippen LogP contribution in [0.25, 0.3) is 5.76 Å². The van der Waals surface area contributed by atoms with Crippen LogP contribution in [-0.2, 0) is 9.59 Å². The number of hydrogen-bond donors (Lipinski definition) is 1. The second-order valence-electron chi connectivity index (χ2n) is 9.16. The molecule has 1 N–H and O–H groups in total. The Kier molecular flexibility index (Phi) is 6.99. The monoisotopic (exact) mass is 489 g/mol. The van der Waals surface area contributed by atoms with E-state index < -0.39 is 17.7 Å². The Labute approximate surface area is 210 Å². The molecule has 0 radical (unpaired) electrons. The van der Waals surface area contributed by atoms with E-state index in [9.17, 15) is 14.7 Å². The van der Waals surface area contributed by atoms with Crippen molar-refractivity contribution < 1.29 is 19.4 Å². The number of ether oxygens (including phenoxy) is 1. The van der Waals surface area contributed by atoms with Crippen LogP contribution in [-0.4, -0.2) is 22.9 Å². The minimum Gasteiger partial charge on any atom is -0.507 e. The highest BCUT2D eigenvalue weighted by atomic mass is 35.5. The Hall–Kier alpha value is -3.57. The molecule has 1 aliphatic rings. The standard InChI is InChI=1S/C29H28ClNO4/c1-17(2)19-7-13-23(14-8-19)31-26(20-9-15-24(16-10-20)35-18(3)4)25(28(33)29(31)34)27(32)21-5-11-22(30)12-6-21/h5-18,26,32H,1-4H3/b27-25+. The van der Waals surface area contributed by atoms with Crippen molar-refractivity contribution in [2.45, 2.75) is 45.8 Å². The molecule has 1 atom stereocenters. The van der Waals surface area contributed by atoms with Gasteiger partial charge in [-0.05, 0) is 79.4 Å². The van der Waals surface area contributed by atoms with Gasteiger partial charge in [-0.15, -0.1) is 0 Å². The molecule has 1 unspecified atom stereocenters. The first-order chi connectivity index (χ1) is 16.7. The third kappa shape index (κ3) is 4.96. The number of ketones is 1. The lowest BCUT2D eigenvalue weighted by molar-refractivity contribution is -0.132. The Morgan fingerprint density at radius 2 is 1.49 bits per heavy atom. The van der Waals surface area contributed by atoms with E-state index >= 15 is 0 Å². The molecule has 1 heterocycles. The molecule has 0 saturated carbocycles. The third-order valence-electron chi connectivity index (χ3n) is 5.97. The van der Waals surface area contributed by atoms with E-state index in [1.54, 1.807) is 36.4 Å². The smallest absolute Gasteiger partial charge is 0.300 e. The quantitative estimate of drug-likeness (QED) is 0.233. The third-order valence-corrected chi connectivity index (χ3v) is 6.22. The van der Waals surface area contributed by atoms with E-state index in [4.69, 9.17) is 16.3 Å². The summed E-state index contributed by atoms with van der Waals surface area (Å²) in [6.45, 7) is 8.06. The Balaban J connectivity index is 1.86. The summed E-state index contributed by atoms with van der Waals surface area (Å²) in [5.41, 5.74) is 2.83. The second kappa shape index (κ2) is 9.96. The molecule has 0 aliphatic carbocycles. The second-order valence-corrected chi connectivity index (χ2v) is 9.59. The first-order valence-corrected chi connectivity index (χ1v) is 12.0. The van der Waals surface area contributed by atoms with E-state index in [0.717, 1.165) is 5.56 Å². The number of rotatable bonds is 6. The van der Waals surface area contributed by atoms with Crippen molar-refractivity contribution in [1.29, 1.82) is 0 Å². The fourth-order valence-electron chi connectivity index (χ4n) is 4.20. The van der Waals surface area contributed by atoms with Gasteiger partial charge in [0.05, 0.1) is 17.7 Å². The first-order valence-electron chi connectivity index (χ1n) is 11.6. The van der Waals surface area contributed by atoms with E-state index in [-0.39, 0.29) is 17.4 Å². The van der Waals surface area contributed by atoms with Crippen LogP contribution in [0.4, 0.5) is 5.69 Å². The molecule has 1 fully saturated rings. The fraction of sp³-hybridized carbons (Fsp3) is 0.241. The van der Waals surface area contributed by atoms with Gasteiger partial charge < -0.3 is 9.84 Å². The van der Waals surface area contributed by atoms with Crippen LogP contribution in [0.5, 0.6) is 5.75 Å². The number of hydrogen-bond acceptors (Lipinski definition) is 4. The highest BCUT2D eigenvalue weighted by molar-refractivity contribution is 6.51. The van der Waals surface area contributed by atoms with Gasteiger partial charge in [-0.2, -0.15) is 0 Å². The van der Waals surface area contributed by atoms with Crippen molar-refractivity contribution in [3.8, 4) is 5.75 Å². The summed E-state index contributed by atoms with van der Waals surface area (Å²) < 4.78 is 5.75. The number of aliphatic hydroxyl groups is 1. The number of halogens is 1. The van der Waals surface area contributed by atoms with E-state index in [1.165, 1.54) is 4.90 Å². The van der Waals surface area contributed by atoms with Crippen molar-refractivity contribution in [1.82, 2.24) is 0 Å². The maximum atomic E-state index is 13.3. The van der Waals surface area contributed by atoms with Crippen molar-refractivity contribution in [2.75, 3.05) is 4.90 Å². The summed E-state index contributed by atoms with van der Waals surface area (Å²) >= 11 is 6.00. The van der Waals surface area contributed by atoms with Crippen molar-refractivity contribution >= 4 is 34.7 Å². The molecule has 35 heavy (non-hydrogen) atoms. The van der Waals surface area contributed by atoms with Crippen LogP contribution in [0.1, 0.15) is 56.3 Å². The molecule has 5 nitrogen and oxygen atoms in total. The number of Topliss-reactive ketones (excluding diaryl/α,β-unsaturated/α-hetero) is 1. The molecule has 0 bridgehead atoms. The predicted molar refractivity (Wildman–Crippen MR) is 139 cm³/mol. The molecule has 6 heteroatoms. The van der Waals surface area contributed by atoms with Gasteiger partial charge >= 0.3 is 0 Å². The summed E-state index contributed by atoms with van der Waals surface area (Å²) in [6.07, 6.45) is 0.0101. The summed E-state index contributed by atoms with van der Waals surface area (Å²) in [5.74, 6) is -0.662. The average Bonchev–Trinajstić information content (AvgIpc) is 3.09. The maximum Gasteiger partial charge on any atom is 0.300 e. The van der Waals surface area contributed by atoms with Gasteiger partial charge in [0, 0.05) is 16.3 Å². The molecule has 180 valence electrons. The van der Waals surface area contributed by atoms with Gasteiger partial charge in [0.15, 0.2) is 0 Å². The normalized spacial score (nSPS) is 17.5. The van der Waals surface area contributed by atoms with Crippen LogP contribution < -0.4 is 9.64 Å². The molecule has 3 aromatic rings. The zero-order chi connectivity index (χ0) is 25.3. The maximum absolute atomic E-state index is 13.3. The van der Waals surface area contributed by atoms with E-state index in [0.29, 0.717) is 33.5 Å². The molecular weight excluding hydrogens is 462 g/mol. The molecule has 1 saturated heterocycles. The zero-order valence-electron chi connectivity index (χ0n) is 20.2. The molecule has 3 aromatic carbocycles. The lowest BCUT2D eigenvalue weighted by Gasteiger charge is -2.26. The molecule has 0 spiro atoms. The molecular formula is C29H28ClNO4. The summed E-state index contributed by atoms with van der Waals surface area (Å²) in [6, 6.07) is 20.5. The Morgan fingerprint density at radius 1 is 0.886 bits per heavy atom. The van der Waals surface area contributed by atoms with Crippen molar-refractivity contribution in [2.24, 2.45) is 0 Å². The van der Waals surface area contributed by atoms with Crippen LogP contribution in [0.2, 0.25) is 5.02 Å². The number of anilines is 1. The molecule has 1 aliphatic heterocycles. The number of carbonyl (C=O) groups is 2. The lowest BCUT2D eigenvalue weighted by atomic mass is 9.95. The van der Waals surface area contributed by atoms with Crippen LogP contribution in [0, 0.1) is 0 Å². The van der Waals surface area contributed by atoms with E-state index in [2.05, 4.69) is 13.8 Å². The lowest BCUT2D eigenvalue weighted by Crippen LogP contribution is -2.29. The van der Waals surface area contributed by atoms with Gasteiger partial charge in [0.2, 0.25) is 0 Å². The molecule has 4 rings (SSSR count). The number of benzene rings is 3. The van der Waals surface area contributed by atoms with Crippen LogP contribution in [0.3, 0.4) is 0 Å². The largest absolute Gasteiger partial charge is 0.507 e. The summed E-state index contributed by atoms with van der Waals surface area (Å²) in [7, 11) is 0. The minimum absolute atomic E-state index is 0.0101. The number of aliphatic hydroxyl groups excluding tert-OH is 1. The topological polar surface area (TPSA) is 66.8 Å². The zero-order valence-corrected chi connectivity index (χ0v) is 20.9. The summed E-state index contributed by atoms with van der Waals surface area (Å²) in [5, 5.41) is 11.7. The van der Waals surface area contributed by atoms with Crippen LogP contribution >= 0.6 is 11.6 Å².